The molecule has 2 aromatic rings. The second-order valence-corrected chi connectivity index (χ2v) is 5.10. The van der Waals surface area contributed by atoms with Crippen LogP contribution in [-0.4, -0.2) is 11.9 Å². The number of halogens is 8. The van der Waals surface area contributed by atoms with Gasteiger partial charge in [-0.25, -0.2) is 18.4 Å². The molecule has 2 rings (SSSR count). The first kappa shape index (κ1) is 20.3. The van der Waals surface area contributed by atoms with Crippen LogP contribution in [-0.2, 0) is 17.1 Å². The quantitative estimate of drug-likeness (QED) is 0.406. The lowest BCUT2D eigenvalue weighted by Crippen LogP contribution is -2.16. The number of carbonyl (C=O) groups excluding carboxylic acids is 2. The van der Waals surface area contributed by atoms with E-state index in [1.165, 1.54) is 0 Å². The fraction of sp³-hybridized carbons (Fsp3) is 0.125. The fourth-order valence-electron chi connectivity index (χ4n) is 1.95. The molecule has 0 bridgehead atoms. The van der Waals surface area contributed by atoms with Crippen LogP contribution in [0.15, 0.2) is 36.4 Å². The van der Waals surface area contributed by atoms with Gasteiger partial charge in [0.15, 0.2) is 0 Å². The summed E-state index contributed by atoms with van der Waals surface area (Å²) in [7, 11) is 0. The average molecular weight is 398 g/mol. The van der Waals surface area contributed by atoms with E-state index in [0.717, 1.165) is 0 Å². The van der Waals surface area contributed by atoms with Crippen LogP contribution in [0.25, 0.3) is 0 Å². The highest BCUT2D eigenvalue weighted by Crippen LogP contribution is 2.32. The van der Waals surface area contributed by atoms with Gasteiger partial charge in [0.05, 0.1) is 22.3 Å². The number of hydrogen-bond acceptors (Lipinski definition) is 3. The predicted molar refractivity (Wildman–Crippen MR) is 72.5 cm³/mol. The molecule has 144 valence electrons. The van der Waals surface area contributed by atoms with Crippen molar-refractivity contribution >= 4 is 11.9 Å². The molecule has 27 heavy (non-hydrogen) atoms. The molecule has 0 spiro atoms. The molecule has 0 amide bonds. The van der Waals surface area contributed by atoms with Gasteiger partial charge < -0.3 is 4.74 Å². The highest BCUT2D eigenvalue weighted by Gasteiger charge is 2.35. The third-order valence-corrected chi connectivity index (χ3v) is 3.16. The minimum Gasteiger partial charge on any atom is -0.386 e. The first-order valence-corrected chi connectivity index (χ1v) is 6.80. The zero-order chi connectivity index (χ0) is 20.6. The Hall–Kier alpha value is -2.98. The molecule has 0 heterocycles. The molecule has 0 saturated heterocycles. The molecule has 3 nitrogen and oxygen atoms in total. The summed E-state index contributed by atoms with van der Waals surface area (Å²) in [6.45, 7) is 0. The van der Waals surface area contributed by atoms with Crippen molar-refractivity contribution in [3.63, 3.8) is 0 Å². The fourth-order valence-corrected chi connectivity index (χ4v) is 1.95. The van der Waals surface area contributed by atoms with E-state index in [1.807, 2.05) is 0 Å². The predicted octanol–water partition coefficient (Wildman–Crippen LogP) is 5.00. The van der Waals surface area contributed by atoms with E-state index in [2.05, 4.69) is 4.74 Å². The highest BCUT2D eigenvalue weighted by molar-refractivity contribution is 6.02. The maximum atomic E-state index is 13.4. The topological polar surface area (TPSA) is 43.4 Å². The summed E-state index contributed by atoms with van der Waals surface area (Å²) in [6.07, 6.45) is -10.0. The minimum absolute atomic E-state index is 0.101. The Morgan fingerprint density at radius 1 is 0.741 bits per heavy atom. The number of benzene rings is 2. The molecule has 0 N–H and O–H groups in total. The van der Waals surface area contributed by atoms with Gasteiger partial charge in [0, 0.05) is 0 Å². The molecule has 0 fully saturated rings. The van der Waals surface area contributed by atoms with E-state index < -0.39 is 58.2 Å². The Kier molecular flexibility index (Phi) is 5.25. The third kappa shape index (κ3) is 4.80. The van der Waals surface area contributed by atoms with Gasteiger partial charge in [0.2, 0.25) is 0 Å². The number of carbonyl (C=O) groups is 2. The van der Waals surface area contributed by atoms with Crippen molar-refractivity contribution in [2.45, 2.75) is 12.4 Å². The van der Waals surface area contributed by atoms with Crippen molar-refractivity contribution in [2.24, 2.45) is 0 Å². The molecule has 0 aliphatic carbocycles. The molecule has 2 aromatic carbocycles. The van der Waals surface area contributed by atoms with Crippen molar-refractivity contribution in [1.82, 2.24) is 0 Å². The second kappa shape index (κ2) is 6.97. The molecule has 0 saturated carbocycles. The summed E-state index contributed by atoms with van der Waals surface area (Å²) >= 11 is 0. The summed E-state index contributed by atoms with van der Waals surface area (Å²) in [5.41, 5.74) is -4.97. The van der Waals surface area contributed by atoms with Crippen LogP contribution < -0.4 is 0 Å². The molecular formula is C16H6F8O3. The van der Waals surface area contributed by atoms with Crippen LogP contribution >= 0.6 is 0 Å². The van der Waals surface area contributed by atoms with Crippen molar-refractivity contribution in [3.8, 4) is 0 Å². The summed E-state index contributed by atoms with van der Waals surface area (Å²) in [5, 5.41) is 0. The molecule has 0 atom stereocenters. The van der Waals surface area contributed by atoms with Crippen LogP contribution in [0.2, 0.25) is 0 Å². The molecule has 11 heteroatoms. The van der Waals surface area contributed by atoms with Gasteiger partial charge >= 0.3 is 24.3 Å². The molecule has 0 aliphatic rings. The van der Waals surface area contributed by atoms with Gasteiger partial charge in [-0.3, -0.25) is 0 Å². The lowest BCUT2D eigenvalue weighted by molar-refractivity contribution is -0.140. The van der Waals surface area contributed by atoms with Gasteiger partial charge in [-0.1, -0.05) is 0 Å². The number of esters is 2. The third-order valence-electron chi connectivity index (χ3n) is 3.16. The van der Waals surface area contributed by atoms with Crippen LogP contribution in [0.4, 0.5) is 35.1 Å². The van der Waals surface area contributed by atoms with Crippen LogP contribution in [0.1, 0.15) is 31.8 Å². The second-order valence-electron chi connectivity index (χ2n) is 5.10. The molecule has 0 aliphatic heterocycles. The minimum atomic E-state index is -5.03. The highest BCUT2D eigenvalue weighted by atomic mass is 19.4. The van der Waals surface area contributed by atoms with E-state index in [1.54, 1.807) is 0 Å². The normalized spacial score (nSPS) is 12.0. The van der Waals surface area contributed by atoms with Crippen LogP contribution in [0.3, 0.4) is 0 Å². The van der Waals surface area contributed by atoms with E-state index in [0.29, 0.717) is 12.1 Å². The van der Waals surface area contributed by atoms with Crippen molar-refractivity contribution in [1.29, 1.82) is 0 Å². The number of ether oxygens (including phenoxy) is 1. The number of rotatable bonds is 2. The van der Waals surface area contributed by atoms with E-state index >= 15 is 0 Å². The summed E-state index contributed by atoms with van der Waals surface area (Å²) < 4.78 is 106. The lowest BCUT2D eigenvalue weighted by atomic mass is 10.1. The zero-order valence-corrected chi connectivity index (χ0v) is 12.7. The van der Waals surface area contributed by atoms with Crippen LogP contribution in [0.5, 0.6) is 0 Å². The lowest BCUT2D eigenvalue weighted by Gasteiger charge is -2.10. The smallest absolute Gasteiger partial charge is 0.386 e. The summed E-state index contributed by atoms with van der Waals surface area (Å²) in [4.78, 5) is 23.4. The Morgan fingerprint density at radius 2 is 1.33 bits per heavy atom. The molecule has 0 aromatic heterocycles. The van der Waals surface area contributed by atoms with Gasteiger partial charge in [-0.15, -0.1) is 0 Å². The Morgan fingerprint density at radius 3 is 1.85 bits per heavy atom. The zero-order valence-electron chi connectivity index (χ0n) is 12.7. The van der Waals surface area contributed by atoms with Crippen molar-refractivity contribution in [3.05, 3.63) is 70.3 Å². The monoisotopic (exact) mass is 398 g/mol. The molecular weight excluding hydrogens is 392 g/mol. The van der Waals surface area contributed by atoms with Crippen molar-refractivity contribution < 1.29 is 49.4 Å². The standard InChI is InChI=1S/C16H6F8O3/c17-10-4-8(3-9(6-10)15(19,20)21)14(26)27-13(25)7-1-2-11(12(18)5-7)16(22,23)24/h1-6H. The number of alkyl halides is 6. The van der Waals surface area contributed by atoms with Crippen molar-refractivity contribution in [2.75, 3.05) is 0 Å². The Bertz CT molecular complexity index is 900. The first-order chi connectivity index (χ1) is 12.3. The Labute approximate surface area is 145 Å². The summed E-state index contributed by atoms with van der Waals surface area (Å²) in [5.74, 6) is -6.60. The van der Waals surface area contributed by atoms with E-state index in [9.17, 15) is 44.7 Å². The average Bonchev–Trinajstić information content (AvgIpc) is 2.52. The van der Waals surface area contributed by atoms with E-state index in [-0.39, 0.29) is 24.3 Å². The number of hydrogen-bond donors (Lipinski definition) is 0. The molecule has 0 radical (unpaired) electrons. The largest absolute Gasteiger partial charge is 0.419 e. The van der Waals surface area contributed by atoms with Gasteiger partial charge in [0.1, 0.15) is 11.6 Å². The summed E-state index contributed by atoms with van der Waals surface area (Å²) in [6, 6.07) is 1.55. The maximum absolute atomic E-state index is 13.4. The molecule has 0 unspecified atom stereocenters. The maximum Gasteiger partial charge on any atom is 0.419 e. The van der Waals surface area contributed by atoms with Gasteiger partial charge in [-0.2, -0.15) is 26.3 Å². The van der Waals surface area contributed by atoms with Gasteiger partial charge in [0.25, 0.3) is 0 Å². The van der Waals surface area contributed by atoms with Gasteiger partial charge in [-0.05, 0) is 36.4 Å². The first-order valence-electron chi connectivity index (χ1n) is 6.80. The Balaban J connectivity index is 2.25. The van der Waals surface area contributed by atoms with E-state index in [4.69, 9.17) is 0 Å². The SMILES string of the molecule is O=C(OC(=O)c1ccc(C(F)(F)F)c(F)c1)c1cc(F)cc(C(F)(F)F)c1. The van der Waals surface area contributed by atoms with Crippen LogP contribution in [0, 0.1) is 11.6 Å².